The van der Waals surface area contributed by atoms with Crippen molar-refractivity contribution < 1.29 is 19.4 Å². The normalized spacial score (nSPS) is 18.2. The van der Waals surface area contributed by atoms with Crippen molar-refractivity contribution in [1.82, 2.24) is 0 Å². The quantitative estimate of drug-likeness (QED) is 0.646. The van der Waals surface area contributed by atoms with Gasteiger partial charge in [-0.25, -0.2) is 4.79 Å². The topological polar surface area (TPSA) is 55.8 Å². The molecule has 0 fully saturated rings. The summed E-state index contributed by atoms with van der Waals surface area (Å²) < 4.78 is 10.3. The van der Waals surface area contributed by atoms with Crippen LogP contribution in [0, 0.1) is 0 Å². The lowest BCUT2D eigenvalue weighted by Gasteiger charge is -2.24. The number of benzene rings is 1. The van der Waals surface area contributed by atoms with Crippen LogP contribution in [-0.4, -0.2) is 31.0 Å². The summed E-state index contributed by atoms with van der Waals surface area (Å²) in [5.41, 5.74) is 1.22. The Morgan fingerprint density at radius 1 is 1.59 bits per heavy atom. The first-order valence-electron chi connectivity index (χ1n) is 5.29. The second-order valence-corrected chi connectivity index (χ2v) is 4.53. The molecule has 92 valence electrons. The highest BCUT2D eigenvalue weighted by Gasteiger charge is 2.25. The van der Waals surface area contributed by atoms with Gasteiger partial charge in [0.05, 0.1) is 30.3 Å². The van der Waals surface area contributed by atoms with Gasteiger partial charge in [0.2, 0.25) is 0 Å². The van der Waals surface area contributed by atoms with Gasteiger partial charge in [0, 0.05) is 12.0 Å². The number of esters is 1. The van der Waals surface area contributed by atoms with Crippen LogP contribution in [0.25, 0.3) is 0 Å². The maximum atomic E-state index is 11.6. The van der Waals surface area contributed by atoms with Crippen molar-refractivity contribution in [3.05, 3.63) is 23.3 Å². The van der Waals surface area contributed by atoms with Gasteiger partial charge in [0.15, 0.2) is 0 Å². The first kappa shape index (κ1) is 12.3. The molecule has 0 amide bonds. The molecular formula is C12H14O4S. The number of methoxy groups -OCH3 is 1. The van der Waals surface area contributed by atoms with Crippen LogP contribution in [0.1, 0.15) is 28.4 Å². The SMILES string of the molecule is COC(=O)c1ccc2c(c1SC)OCC[C@H]2O. The van der Waals surface area contributed by atoms with Gasteiger partial charge in [-0.3, -0.25) is 0 Å². The zero-order valence-electron chi connectivity index (χ0n) is 9.73. The Morgan fingerprint density at radius 3 is 3.00 bits per heavy atom. The number of carbonyl (C=O) groups excluding carboxylic acids is 1. The van der Waals surface area contributed by atoms with Gasteiger partial charge in [0.1, 0.15) is 5.75 Å². The van der Waals surface area contributed by atoms with Gasteiger partial charge >= 0.3 is 5.97 Å². The molecule has 17 heavy (non-hydrogen) atoms. The van der Waals surface area contributed by atoms with Crippen LogP contribution in [0.3, 0.4) is 0 Å². The van der Waals surface area contributed by atoms with E-state index in [0.29, 0.717) is 24.3 Å². The number of carbonyl (C=O) groups is 1. The van der Waals surface area contributed by atoms with Crippen molar-refractivity contribution in [2.24, 2.45) is 0 Å². The summed E-state index contributed by atoms with van der Waals surface area (Å²) in [6.07, 6.45) is 1.93. The van der Waals surface area contributed by atoms with Gasteiger partial charge in [-0.1, -0.05) is 6.07 Å². The minimum atomic E-state index is -0.517. The zero-order chi connectivity index (χ0) is 12.4. The van der Waals surface area contributed by atoms with Crippen LogP contribution in [0.4, 0.5) is 0 Å². The maximum Gasteiger partial charge on any atom is 0.339 e. The Morgan fingerprint density at radius 2 is 2.35 bits per heavy atom. The fourth-order valence-electron chi connectivity index (χ4n) is 1.89. The summed E-state index contributed by atoms with van der Waals surface area (Å²) in [5, 5.41) is 9.86. The number of rotatable bonds is 2. The number of hydrogen-bond donors (Lipinski definition) is 1. The van der Waals surface area contributed by atoms with Crippen LogP contribution in [0.5, 0.6) is 5.75 Å². The van der Waals surface area contributed by atoms with E-state index in [1.165, 1.54) is 18.9 Å². The van der Waals surface area contributed by atoms with Gasteiger partial charge in [-0.2, -0.15) is 0 Å². The molecule has 1 heterocycles. The standard InChI is InChI=1S/C12H14O4S/c1-15-12(14)8-4-3-7-9(13)5-6-16-10(7)11(8)17-2/h3-4,9,13H,5-6H2,1-2H3/t9-/m1/s1. The molecule has 0 bridgehead atoms. The number of ether oxygens (including phenoxy) is 2. The van der Waals surface area contributed by atoms with E-state index >= 15 is 0 Å². The predicted molar refractivity (Wildman–Crippen MR) is 64.6 cm³/mol. The molecule has 1 aromatic carbocycles. The number of hydrogen-bond acceptors (Lipinski definition) is 5. The first-order valence-corrected chi connectivity index (χ1v) is 6.51. The van der Waals surface area contributed by atoms with E-state index in [-0.39, 0.29) is 5.97 Å². The van der Waals surface area contributed by atoms with Crippen molar-refractivity contribution in [3.8, 4) is 5.75 Å². The average molecular weight is 254 g/mol. The Bertz CT molecular complexity index is 444. The minimum Gasteiger partial charge on any atom is -0.492 e. The first-order chi connectivity index (χ1) is 8.19. The molecule has 1 aliphatic rings. The van der Waals surface area contributed by atoms with Crippen LogP contribution < -0.4 is 4.74 Å². The van der Waals surface area contributed by atoms with Gasteiger partial charge < -0.3 is 14.6 Å². The third-order valence-electron chi connectivity index (χ3n) is 2.75. The second kappa shape index (κ2) is 4.98. The molecular weight excluding hydrogens is 240 g/mol. The van der Waals surface area contributed by atoms with Crippen molar-refractivity contribution >= 4 is 17.7 Å². The predicted octanol–water partition coefficient (Wildman–Crippen LogP) is 2.01. The largest absolute Gasteiger partial charge is 0.492 e. The molecule has 1 N–H and O–H groups in total. The monoisotopic (exact) mass is 254 g/mol. The van der Waals surface area contributed by atoms with E-state index in [9.17, 15) is 9.90 Å². The zero-order valence-corrected chi connectivity index (χ0v) is 10.5. The molecule has 0 spiro atoms. The maximum absolute atomic E-state index is 11.6. The summed E-state index contributed by atoms with van der Waals surface area (Å²) in [6.45, 7) is 0.465. The second-order valence-electron chi connectivity index (χ2n) is 3.71. The molecule has 0 aromatic heterocycles. The summed E-state index contributed by atoms with van der Waals surface area (Å²) in [4.78, 5) is 12.3. The Hall–Kier alpha value is -1.20. The highest BCUT2D eigenvalue weighted by Crippen LogP contribution is 2.41. The van der Waals surface area contributed by atoms with E-state index in [0.717, 1.165) is 10.5 Å². The number of aliphatic hydroxyl groups excluding tert-OH is 1. The molecule has 4 nitrogen and oxygen atoms in total. The van der Waals surface area contributed by atoms with E-state index in [2.05, 4.69) is 0 Å². The molecule has 1 aliphatic heterocycles. The van der Waals surface area contributed by atoms with Gasteiger partial charge in [-0.05, 0) is 12.3 Å². The lowest BCUT2D eigenvalue weighted by molar-refractivity contribution is 0.0593. The highest BCUT2D eigenvalue weighted by atomic mass is 32.2. The molecule has 0 aliphatic carbocycles. The molecule has 1 aromatic rings. The summed E-state index contributed by atoms with van der Waals surface area (Å²) in [7, 11) is 1.35. The average Bonchev–Trinajstić information content (AvgIpc) is 2.37. The summed E-state index contributed by atoms with van der Waals surface area (Å²) in [5.74, 6) is 0.222. The van der Waals surface area contributed by atoms with E-state index in [4.69, 9.17) is 9.47 Å². The molecule has 5 heteroatoms. The Labute approximate surface area is 104 Å². The fraction of sp³-hybridized carbons (Fsp3) is 0.417. The lowest BCUT2D eigenvalue weighted by Crippen LogP contribution is -2.16. The molecule has 1 atom stereocenters. The Balaban J connectivity index is 2.55. The van der Waals surface area contributed by atoms with E-state index < -0.39 is 6.10 Å². The third-order valence-corrected chi connectivity index (χ3v) is 3.56. The minimum absolute atomic E-state index is 0.388. The van der Waals surface area contributed by atoms with Crippen LogP contribution in [0.2, 0.25) is 0 Å². The van der Waals surface area contributed by atoms with Gasteiger partial charge in [0.25, 0.3) is 0 Å². The van der Waals surface area contributed by atoms with Gasteiger partial charge in [-0.15, -0.1) is 11.8 Å². The van der Waals surface area contributed by atoms with Crippen molar-refractivity contribution in [2.75, 3.05) is 20.0 Å². The summed E-state index contributed by atoms with van der Waals surface area (Å²) >= 11 is 1.42. The number of aliphatic hydroxyl groups is 1. The number of fused-ring (bicyclic) bond motifs is 1. The fourth-order valence-corrected chi connectivity index (χ4v) is 2.62. The van der Waals surface area contributed by atoms with E-state index in [1.54, 1.807) is 12.1 Å². The summed E-state index contributed by atoms with van der Waals surface area (Å²) in [6, 6.07) is 3.40. The van der Waals surface area contributed by atoms with Crippen LogP contribution in [0.15, 0.2) is 17.0 Å². The smallest absolute Gasteiger partial charge is 0.339 e. The van der Waals surface area contributed by atoms with Crippen LogP contribution in [-0.2, 0) is 4.74 Å². The van der Waals surface area contributed by atoms with E-state index in [1.807, 2.05) is 6.26 Å². The molecule has 0 radical (unpaired) electrons. The van der Waals surface area contributed by atoms with Crippen molar-refractivity contribution in [3.63, 3.8) is 0 Å². The third kappa shape index (κ3) is 2.12. The highest BCUT2D eigenvalue weighted by molar-refractivity contribution is 7.98. The Kier molecular flexibility index (Phi) is 3.59. The molecule has 0 saturated carbocycles. The molecule has 0 unspecified atom stereocenters. The lowest BCUT2D eigenvalue weighted by atomic mass is 10.0. The number of thioether (sulfide) groups is 1. The van der Waals surface area contributed by atoms with Crippen LogP contribution >= 0.6 is 11.8 Å². The van der Waals surface area contributed by atoms with Crippen molar-refractivity contribution in [1.29, 1.82) is 0 Å². The molecule has 2 rings (SSSR count). The molecule has 0 saturated heterocycles. The van der Waals surface area contributed by atoms with Crippen molar-refractivity contribution in [2.45, 2.75) is 17.4 Å².